The van der Waals surface area contributed by atoms with Crippen molar-refractivity contribution in [3.63, 3.8) is 0 Å². The molecule has 0 aliphatic carbocycles. The van der Waals surface area contributed by atoms with Crippen molar-refractivity contribution in [2.75, 3.05) is 7.11 Å². The molecule has 0 saturated carbocycles. The molecule has 0 unspecified atom stereocenters. The van der Waals surface area contributed by atoms with Crippen LogP contribution in [0.15, 0.2) is 36.7 Å². The van der Waals surface area contributed by atoms with Gasteiger partial charge in [0.15, 0.2) is 5.82 Å². The molecular formula is C12H13N3O2. The summed E-state index contributed by atoms with van der Waals surface area (Å²) < 4.78 is 5.05. The zero-order valence-corrected chi connectivity index (χ0v) is 9.43. The second-order valence-electron chi connectivity index (χ2n) is 3.47. The number of nitrogens with one attached hydrogen (secondary N) is 2. The lowest BCUT2D eigenvalue weighted by Gasteiger charge is -2.04. The second kappa shape index (κ2) is 5.16. The number of hydrogen-bond acceptors (Lipinski definition) is 3. The van der Waals surface area contributed by atoms with Crippen LogP contribution in [-0.2, 0) is 6.54 Å². The minimum atomic E-state index is -0.217. The molecule has 1 aromatic heterocycles. The summed E-state index contributed by atoms with van der Waals surface area (Å²) in [5.74, 6) is 0.899. The van der Waals surface area contributed by atoms with Gasteiger partial charge in [0.2, 0.25) is 0 Å². The van der Waals surface area contributed by atoms with Gasteiger partial charge < -0.3 is 15.0 Å². The highest BCUT2D eigenvalue weighted by atomic mass is 16.5. The van der Waals surface area contributed by atoms with Gasteiger partial charge in [-0.05, 0) is 17.7 Å². The number of methoxy groups -OCH3 is 1. The molecule has 2 aromatic rings. The number of carbonyl (C=O) groups is 1. The van der Waals surface area contributed by atoms with E-state index in [4.69, 9.17) is 4.74 Å². The summed E-state index contributed by atoms with van der Waals surface area (Å²) in [6.07, 6.45) is 3.16. The third-order valence-corrected chi connectivity index (χ3v) is 2.33. The van der Waals surface area contributed by atoms with E-state index in [2.05, 4.69) is 15.3 Å². The molecule has 2 rings (SSSR count). The topological polar surface area (TPSA) is 67.0 Å². The van der Waals surface area contributed by atoms with Gasteiger partial charge in [-0.2, -0.15) is 0 Å². The first-order valence-electron chi connectivity index (χ1n) is 5.20. The molecule has 1 heterocycles. The molecule has 0 radical (unpaired) electrons. The Morgan fingerprint density at radius 2 is 2.18 bits per heavy atom. The lowest BCUT2D eigenvalue weighted by Crippen LogP contribution is -2.23. The molecule has 0 saturated heterocycles. The molecule has 0 aliphatic heterocycles. The number of aromatic nitrogens is 2. The molecule has 0 spiro atoms. The molecular weight excluding hydrogens is 218 g/mol. The Bertz CT molecular complexity index is 477. The second-order valence-corrected chi connectivity index (χ2v) is 3.47. The van der Waals surface area contributed by atoms with Crippen molar-refractivity contribution in [2.45, 2.75) is 6.54 Å². The van der Waals surface area contributed by atoms with Crippen LogP contribution in [-0.4, -0.2) is 23.0 Å². The summed E-state index contributed by atoms with van der Waals surface area (Å²) in [5, 5.41) is 2.77. The molecule has 17 heavy (non-hydrogen) atoms. The summed E-state index contributed by atoms with van der Waals surface area (Å²) >= 11 is 0. The number of nitrogens with zero attached hydrogens (tertiary/aromatic N) is 1. The summed E-state index contributed by atoms with van der Waals surface area (Å²) in [5.41, 5.74) is 1.01. The number of aromatic amines is 1. The molecule has 5 heteroatoms. The van der Waals surface area contributed by atoms with E-state index in [0.29, 0.717) is 12.4 Å². The first-order valence-corrected chi connectivity index (χ1v) is 5.20. The normalized spacial score (nSPS) is 9.94. The van der Waals surface area contributed by atoms with Crippen molar-refractivity contribution in [1.29, 1.82) is 0 Å². The van der Waals surface area contributed by atoms with Gasteiger partial charge in [-0.1, -0.05) is 12.1 Å². The van der Waals surface area contributed by atoms with Crippen LogP contribution in [0.25, 0.3) is 0 Å². The monoisotopic (exact) mass is 231 g/mol. The van der Waals surface area contributed by atoms with Crippen molar-refractivity contribution in [3.05, 3.63) is 48.0 Å². The Hall–Kier alpha value is -2.30. The van der Waals surface area contributed by atoms with Gasteiger partial charge in [0, 0.05) is 18.9 Å². The van der Waals surface area contributed by atoms with Crippen LogP contribution in [0.5, 0.6) is 5.75 Å². The number of benzene rings is 1. The van der Waals surface area contributed by atoms with Crippen LogP contribution in [0.3, 0.4) is 0 Å². The SMILES string of the molecule is COc1ccc(CNC(=O)c2ncc[nH]2)cc1. The number of hydrogen-bond donors (Lipinski definition) is 2. The molecule has 1 aromatic carbocycles. The Labute approximate surface area is 98.8 Å². The van der Waals surface area contributed by atoms with E-state index >= 15 is 0 Å². The van der Waals surface area contributed by atoms with Crippen LogP contribution in [0.2, 0.25) is 0 Å². The van der Waals surface area contributed by atoms with E-state index in [1.807, 2.05) is 24.3 Å². The fourth-order valence-corrected chi connectivity index (χ4v) is 1.40. The van der Waals surface area contributed by atoms with E-state index in [1.54, 1.807) is 19.5 Å². The molecule has 0 fully saturated rings. The highest BCUT2D eigenvalue weighted by Crippen LogP contribution is 2.10. The average molecular weight is 231 g/mol. The minimum absolute atomic E-state index is 0.217. The van der Waals surface area contributed by atoms with Gasteiger partial charge in [-0.3, -0.25) is 4.79 Å². The van der Waals surface area contributed by atoms with E-state index in [-0.39, 0.29) is 5.91 Å². The zero-order chi connectivity index (χ0) is 12.1. The summed E-state index contributed by atoms with van der Waals surface area (Å²) in [6, 6.07) is 7.52. The summed E-state index contributed by atoms with van der Waals surface area (Å²) in [4.78, 5) is 18.2. The number of rotatable bonds is 4. The number of carbonyl (C=O) groups excluding carboxylic acids is 1. The first-order chi connectivity index (χ1) is 8.29. The smallest absolute Gasteiger partial charge is 0.287 e. The molecule has 2 N–H and O–H groups in total. The molecule has 88 valence electrons. The lowest BCUT2D eigenvalue weighted by atomic mass is 10.2. The minimum Gasteiger partial charge on any atom is -0.497 e. The average Bonchev–Trinajstić information content (AvgIpc) is 2.90. The summed E-state index contributed by atoms with van der Waals surface area (Å²) in [7, 11) is 1.62. The number of ether oxygens (including phenoxy) is 1. The van der Waals surface area contributed by atoms with Gasteiger partial charge in [0.1, 0.15) is 5.75 Å². The predicted molar refractivity (Wildman–Crippen MR) is 62.8 cm³/mol. The predicted octanol–water partition coefficient (Wildman–Crippen LogP) is 1.35. The van der Waals surface area contributed by atoms with Crippen LogP contribution in [0.4, 0.5) is 0 Å². The van der Waals surface area contributed by atoms with Crippen molar-refractivity contribution >= 4 is 5.91 Å². The molecule has 0 bridgehead atoms. The fraction of sp³-hybridized carbons (Fsp3) is 0.167. The van der Waals surface area contributed by atoms with Crippen LogP contribution in [0.1, 0.15) is 16.2 Å². The third-order valence-electron chi connectivity index (χ3n) is 2.33. The van der Waals surface area contributed by atoms with Crippen molar-refractivity contribution < 1.29 is 9.53 Å². The first kappa shape index (κ1) is 11.2. The van der Waals surface area contributed by atoms with E-state index in [1.165, 1.54) is 0 Å². The zero-order valence-electron chi connectivity index (χ0n) is 9.43. The Morgan fingerprint density at radius 1 is 1.41 bits per heavy atom. The number of amides is 1. The van der Waals surface area contributed by atoms with Gasteiger partial charge >= 0.3 is 0 Å². The molecule has 0 atom stereocenters. The van der Waals surface area contributed by atoms with Gasteiger partial charge in [0.05, 0.1) is 7.11 Å². The Balaban J connectivity index is 1.91. The van der Waals surface area contributed by atoms with Crippen LogP contribution < -0.4 is 10.1 Å². The molecule has 1 amide bonds. The third kappa shape index (κ3) is 2.84. The van der Waals surface area contributed by atoms with Gasteiger partial charge in [0.25, 0.3) is 5.91 Å². The van der Waals surface area contributed by atoms with Gasteiger partial charge in [-0.25, -0.2) is 4.98 Å². The van der Waals surface area contributed by atoms with Crippen LogP contribution >= 0.6 is 0 Å². The number of imidazole rings is 1. The quantitative estimate of drug-likeness (QED) is 0.834. The van der Waals surface area contributed by atoms with Crippen molar-refractivity contribution in [1.82, 2.24) is 15.3 Å². The Morgan fingerprint density at radius 3 is 2.76 bits per heavy atom. The molecule has 0 aliphatic rings. The van der Waals surface area contributed by atoms with E-state index < -0.39 is 0 Å². The molecule has 5 nitrogen and oxygen atoms in total. The maximum Gasteiger partial charge on any atom is 0.287 e. The van der Waals surface area contributed by atoms with Crippen LogP contribution in [0, 0.1) is 0 Å². The van der Waals surface area contributed by atoms with Crippen molar-refractivity contribution in [2.24, 2.45) is 0 Å². The standard InChI is InChI=1S/C12H13N3O2/c1-17-10-4-2-9(3-5-10)8-15-12(16)11-13-6-7-14-11/h2-7H,8H2,1H3,(H,13,14)(H,15,16). The Kier molecular flexibility index (Phi) is 3.40. The highest BCUT2D eigenvalue weighted by Gasteiger charge is 2.06. The van der Waals surface area contributed by atoms with E-state index in [0.717, 1.165) is 11.3 Å². The highest BCUT2D eigenvalue weighted by molar-refractivity contribution is 5.90. The maximum atomic E-state index is 11.6. The van der Waals surface area contributed by atoms with E-state index in [9.17, 15) is 4.79 Å². The summed E-state index contributed by atoms with van der Waals surface area (Å²) in [6.45, 7) is 0.462. The van der Waals surface area contributed by atoms with Gasteiger partial charge in [-0.15, -0.1) is 0 Å². The fourth-order valence-electron chi connectivity index (χ4n) is 1.40. The number of H-pyrrole nitrogens is 1. The maximum absolute atomic E-state index is 11.6. The lowest BCUT2D eigenvalue weighted by molar-refractivity contribution is 0.0941. The van der Waals surface area contributed by atoms with Crippen molar-refractivity contribution in [3.8, 4) is 5.75 Å². The largest absolute Gasteiger partial charge is 0.497 e.